The van der Waals surface area contributed by atoms with Crippen molar-refractivity contribution < 1.29 is 14.3 Å². The van der Waals surface area contributed by atoms with E-state index in [0.29, 0.717) is 6.42 Å². The number of aryl methyl sites for hydroxylation is 1. The van der Waals surface area contributed by atoms with Gasteiger partial charge in [-0.3, -0.25) is 4.79 Å². The van der Waals surface area contributed by atoms with Crippen LogP contribution in [-0.4, -0.2) is 43.2 Å². The van der Waals surface area contributed by atoms with Crippen LogP contribution in [0.1, 0.15) is 37.3 Å². The molecule has 2 aromatic carbocycles. The van der Waals surface area contributed by atoms with Crippen molar-refractivity contribution in [2.75, 3.05) is 25.5 Å². The average molecular weight is 397 g/mol. The molecule has 1 aliphatic heterocycles. The lowest BCUT2D eigenvalue weighted by Gasteiger charge is -2.29. The molecule has 1 fully saturated rings. The number of benzene rings is 2. The smallest absolute Gasteiger partial charge is 0.265 e. The molecule has 1 heterocycles. The van der Waals surface area contributed by atoms with Gasteiger partial charge in [0.1, 0.15) is 17.6 Å². The van der Waals surface area contributed by atoms with E-state index in [2.05, 4.69) is 17.3 Å². The molecule has 0 aromatic heterocycles. The Morgan fingerprint density at radius 3 is 2.48 bits per heavy atom. The lowest BCUT2D eigenvalue weighted by atomic mass is 10.1. The van der Waals surface area contributed by atoms with Gasteiger partial charge in [0.2, 0.25) is 0 Å². The second-order valence-corrected chi connectivity index (χ2v) is 7.85. The van der Waals surface area contributed by atoms with Gasteiger partial charge in [0.15, 0.2) is 6.10 Å². The predicted octanol–water partition coefficient (Wildman–Crippen LogP) is 4.57. The summed E-state index contributed by atoms with van der Waals surface area (Å²) in [5.41, 5.74) is 2.96. The Morgan fingerprint density at radius 2 is 1.83 bits per heavy atom. The summed E-state index contributed by atoms with van der Waals surface area (Å²) in [7, 11) is 2.14. The molecule has 1 atom stereocenters. The molecule has 1 amide bonds. The maximum atomic E-state index is 12.7. The van der Waals surface area contributed by atoms with Crippen LogP contribution in [0.15, 0.2) is 42.5 Å². The highest BCUT2D eigenvalue weighted by Crippen LogP contribution is 2.24. The van der Waals surface area contributed by atoms with Crippen LogP contribution in [0.4, 0.5) is 5.69 Å². The number of piperidine rings is 1. The number of anilines is 1. The Balaban J connectivity index is 1.56. The molecule has 5 nitrogen and oxygen atoms in total. The van der Waals surface area contributed by atoms with Crippen molar-refractivity contribution in [1.82, 2.24) is 4.90 Å². The van der Waals surface area contributed by atoms with Crippen molar-refractivity contribution >= 4 is 11.6 Å². The molecular weight excluding hydrogens is 364 g/mol. The molecule has 0 saturated carbocycles. The zero-order chi connectivity index (χ0) is 20.8. The van der Waals surface area contributed by atoms with Gasteiger partial charge < -0.3 is 19.7 Å². The largest absolute Gasteiger partial charge is 0.490 e. The van der Waals surface area contributed by atoms with E-state index in [4.69, 9.17) is 9.47 Å². The molecule has 3 rings (SSSR count). The molecule has 0 aliphatic carbocycles. The number of ether oxygens (including phenoxy) is 2. The fourth-order valence-electron chi connectivity index (χ4n) is 3.46. The molecule has 5 heteroatoms. The molecule has 0 unspecified atom stereocenters. The summed E-state index contributed by atoms with van der Waals surface area (Å²) in [6.07, 6.45) is 2.41. The van der Waals surface area contributed by atoms with Crippen molar-refractivity contribution in [1.29, 1.82) is 0 Å². The number of amides is 1. The topological polar surface area (TPSA) is 50.8 Å². The Hall–Kier alpha value is -2.53. The number of likely N-dealkylation sites (tertiary alicyclic amines) is 1. The number of carbonyl (C=O) groups is 1. The normalized spacial score (nSPS) is 16.3. The quantitative estimate of drug-likeness (QED) is 0.745. The third-order valence-corrected chi connectivity index (χ3v) is 5.58. The molecule has 0 bridgehead atoms. The van der Waals surface area contributed by atoms with E-state index in [1.165, 1.54) is 0 Å². The van der Waals surface area contributed by atoms with Crippen molar-refractivity contribution in [2.45, 2.75) is 52.2 Å². The third-order valence-electron chi connectivity index (χ3n) is 5.58. The number of carbonyl (C=O) groups excluding carboxylic acids is 1. The van der Waals surface area contributed by atoms with E-state index in [1.807, 2.05) is 63.2 Å². The summed E-state index contributed by atoms with van der Waals surface area (Å²) in [4.78, 5) is 15.0. The van der Waals surface area contributed by atoms with E-state index in [1.54, 1.807) is 0 Å². The fourth-order valence-corrected chi connectivity index (χ4v) is 3.46. The van der Waals surface area contributed by atoms with Crippen LogP contribution in [0.25, 0.3) is 0 Å². The van der Waals surface area contributed by atoms with Crippen LogP contribution in [0.3, 0.4) is 0 Å². The summed E-state index contributed by atoms with van der Waals surface area (Å²) in [6, 6.07) is 13.5. The van der Waals surface area contributed by atoms with Crippen molar-refractivity contribution in [3.8, 4) is 11.5 Å². The number of hydrogen-bond donors (Lipinski definition) is 1. The van der Waals surface area contributed by atoms with Gasteiger partial charge in [0, 0.05) is 18.8 Å². The maximum absolute atomic E-state index is 12.7. The molecule has 2 aromatic rings. The van der Waals surface area contributed by atoms with Gasteiger partial charge in [-0.15, -0.1) is 0 Å². The van der Waals surface area contributed by atoms with Crippen molar-refractivity contribution in [3.63, 3.8) is 0 Å². The molecule has 1 saturated heterocycles. The molecule has 1 N–H and O–H groups in total. The predicted molar refractivity (Wildman–Crippen MR) is 117 cm³/mol. The van der Waals surface area contributed by atoms with Crippen LogP contribution in [0.2, 0.25) is 0 Å². The van der Waals surface area contributed by atoms with Gasteiger partial charge in [0.05, 0.1) is 0 Å². The van der Waals surface area contributed by atoms with Crippen LogP contribution in [0.5, 0.6) is 11.5 Å². The van der Waals surface area contributed by atoms with Crippen LogP contribution < -0.4 is 14.8 Å². The standard InChI is InChI=1S/C24H32N2O3/c1-5-22(29-23-8-6-7-17(2)18(23)3)24(27)25-19-9-11-20(12-10-19)28-21-13-15-26(4)16-14-21/h6-12,21-22H,5,13-16H2,1-4H3,(H,25,27)/t22-/m1/s1. The summed E-state index contributed by atoms with van der Waals surface area (Å²) in [6.45, 7) is 8.14. The molecule has 156 valence electrons. The molecular formula is C24H32N2O3. The third kappa shape index (κ3) is 5.73. The Kier molecular flexibility index (Phi) is 7.15. The van der Waals surface area contributed by atoms with Gasteiger partial charge in [0.25, 0.3) is 5.91 Å². The highest BCUT2D eigenvalue weighted by Gasteiger charge is 2.20. The minimum absolute atomic E-state index is 0.141. The average Bonchev–Trinajstić information content (AvgIpc) is 2.72. The Labute approximate surface area is 174 Å². The van der Waals surface area contributed by atoms with Gasteiger partial charge in [-0.25, -0.2) is 0 Å². The Morgan fingerprint density at radius 1 is 1.14 bits per heavy atom. The first-order chi connectivity index (χ1) is 14.0. The minimum atomic E-state index is -0.536. The zero-order valence-electron chi connectivity index (χ0n) is 17.9. The molecule has 0 radical (unpaired) electrons. The van der Waals surface area contributed by atoms with E-state index in [9.17, 15) is 4.79 Å². The first kappa shape index (κ1) is 21.2. The first-order valence-corrected chi connectivity index (χ1v) is 10.4. The number of nitrogens with one attached hydrogen (secondary N) is 1. The Bertz CT molecular complexity index is 811. The van der Waals surface area contributed by atoms with E-state index in [0.717, 1.165) is 54.2 Å². The highest BCUT2D eigenvalue weighted by atomic mass is 16.5. The lowest BCUT2D eigenvalue weighted by molar-refractivity contribution is -0.122. The highest BCUT2D eigenvalue weighted by molar-refractivity contribution is 5.94. The van der Waals surface area contributed by atoms with Crippen molar-refractivity contribution in [3.05, 3.63) is 53.6 Å². The van der Waals surface area contributed by atoms with E-state index < -0.39 is 6.10 Å². The fraction of sp³-hybridized carbons (Fsp3) is 0.458. The maximum Gasteiger partial charge on any atom is 0.265 e. The van der Waals surface area contributed by atoms with Crippen LogP contribution in [-0.2, 0) is 4.79 Å². The van der Waals surface area contributed by atoms with Gasteiger partial charge in [-0.2, -0.15) is 0 Å². The van der Waals surface area contributed by atoms with Crippen LogP contribution >= 0.6 is 0 Å². The summed E-state index contributed by atoms with van der Waals surface area (Å²) < 4.78 is 12.1. The number of nitrogens with zero attached hydrogens (tertiary/aromatic N) is 1. The number of rotatable bonds is 7. The zero-order valence-corrected chi connectivity index (χ0v) is 17.9. The molecule has 1 aliphatic rings. The molecule has 0 spiro atoms. The van der Waals surface area contributed by atoms with Gasteiger partial charge in [-0.05, 0) is 81.6 Å². The van der Waals surface area contributed by atoms with E-state index in [-0.39, 0.29) is 12.0 Å². The summed E-state index contributed by atoms with van der Waals surface area (Å²) in [5.74, 6) is 1.46. The SMILES string of the molecule is CC[C@@H](Oc1cccc(C)c1C)C(=O)Nc1ccc(OC2CCN(C)CC2)cc1. The summed E-state index contributed by atoms with van der Waals surface area (Å²) in [5, 5.41) is 2.96. The lowest BCUT2D eigenvalue weighted by Crippen LogP contribution is -2.35. The van der Waals surface area contributed by atoms with Gasteiger partial charge >= 0.3 is 0 Å². The van der Waals surface area contributed by atoms with E-state index >= 15 is 0 Å². The van der Waals surface area contributed by atoms with Crippen molar-refractivity contribution in [2.24, 2.45) is 0 Å². The van der Waals surface area contributed by atoms with Gasteiger partial charge in [-0.1, -0.05) is 19.1 Å². The summed E-state index contributed by atoms with van der Waals surface area (Å²) >= 11 is 0. The van der Waals surface area contributed by atoms with Crippen LogP contribution in [0, 0.1) is 13.8 Å². The first-order valence-electron chi connectivity index (χ1n) is 10.4. The minimum Gasteiger partial charge on any atom is -0.490 e. The monoisotopic (exact) mass is 396 g/mol. The second-order valence-electron chi connectivity index (χ2n) is 7.85. The molecule has 29 heavy (non-hydrogen) atoms. The second kappa shape index (κ2) is 9.79. The number of hydrogen-bond acceptors (Lipinski definition) is 4.